The molecule has 1 heterocycles. The lowest BCUT2D eigenvalue weighted by atomic mass is 9.73. The van der Waals surface area contributed by atoms with Crippen molar-refractivity contribution in [3.8, 4) is 0 Å². The topological polar surface area (TPSA) is 88.2 Å². The first-order valence-electron chi connectivity index (χ1n) is 10.7. The van der Waals surface area contributed by atoms with E-state index in [9.17, 15) is 9.90 Å². The Morgan fingerprint density at radius 1 is 1.19 bits per heavy atom. The molecule has 0 saturated heterocycles. The molecule has 0 spiro atoms. The number of unbranched alkanes of at least 4 members (excludes halogenated alkanes) is 2. The highest BCUT2D eigenvalue weighted by Gasteiger charge is 2.40. The van der Waals surface area contributed by atoms with Crippen LogP contribution in [-0.4, -0.2) is 36.5 Å². The Morgan fingerprint density at radius 3 is 2.39 bits per heavy atom. The fourth-order valence-electron chi connectivity index (χ4n) is 2.90. The minimum absolute atomic E-state index is 0.156. The molecule has 2 rings (SSSR count). The van der Waals surface area contributed by atoms with E-state index >= 15 is 0 Å². The SMILES string of the molecule is CC(C)(C)C(O)(CCc1ccc(Cl)cc1)Cn1cncn1.CCCC/C=C/CC(=O)O. The van der Waals surface area contributed by atoms with Crippen LogP contribution in [0.5, 0.6) is 0 Å². The second kappa shape index (κ2) is 13.3. The van der Waals surface area contributed by atoms with Crippen LogP contribution in [-0.2, 0) is 17.8 Å². The van der Waals surface area contributed by atoms with E-state index < -0.39 is 11.6 Å². The van der Waals surface area contributed by atoms with Crippen LogP contribution in [0.3, 0.4) is 0 Å². The summed E-state index contributed by atoms with van der Waals surface area (Å²) in [5.74, 6) is -0.757. The van der Waals surface area contributed by atoms with Gasteiger partial charge in [-0.25, -0.2) is 4.98 Å². The third-order valence-electron chi connectivity index (χ3n) is 5.21. The molecule has 172 valence electrons. The average molecular weight is 450 g/mol. The number of carboxylic acid groups (broad SMARTS) is 1. The molecule has 2 N–H and O–H groups in total. The fraction of sp³-hybridized carbons (Fsp3) is 0.542. The summed E-state index contributed by atoms with van der Waals surface area (Å²) in [7, 11) is 0. The third-order valence-corrected chi connectivity index (χ3v) is 5.46. The zero-order chi connectivity index (χ0) is 23.3. The number of aliphatic carboxylic acids is 1. The summed E-state index contributed by atoms with van der Waals surface area (Å²) in [5.41, 5.74) is 0.0479. The summed E-state index contributed by atoms with van der Waals surface area (Å²) in [4.78, 5) is 13.9. The molecule has 0 fully saturated rings. The van der Waals surface area contributed by atoms with E-state index in [1.165, 1.54) is 11.9 Å². The number of halogens is 1. The standard InChI is InChI=1S/C16H22ClN3O.C8H14O2/c1-15(2,3)16(21,10-20-12-18-11-19-20)9-8-13-4-6-14(17)7-5-13;1-2-3-4-5-6-7-8(9)10/h4-7,11-12,21H,8-10H2,1-3H3;5-6H,2-4,7H2,1H3,(H,9,10)/b;6-5+. The first-order chi connectivity index (χ1) is 14.6. The number of nitrogens with zero attached hydrogens (tertiary/aromatic N) is 3. The quantitative estimate of drug-likeness (QED) is 0.366. The monoisotopic (exact) mass is 449 g/mol. The van der Waals surface area contributed by atoms with E-state index in [0.717, 1.165) is 30.7 Å². The summed E-state index contributed by atoms with van der Waals surface area (Å²) in [6.07, 6.45) is 11.7. The normalized spacial score (nSPS) is 13.5. The van der Waals surface area contributed by atoms with Gasteiger partial charge in [0, 0.05) is 5.02 Å². The van der Waals surface area contributed by atoms with E-state index in [0.29, 0.717) is 13.0 Å². The van der Waals surface area contributed by atoms with Crippen LogP contribution in [0, 0.1) is 5.41 Å². The smallest absolute Gasteiger partial charge is 0.307 e. The van der Waals surface area contributed by atoms with Gasteiger partial charge in [-0.05, 0) is 42.4 Å². The van der Waals surface area contributed by atoms with Gasteiger partial charge in [0.05, 0.1) is 18.6 Å². The van der Waals surface area contributed by atoms with Gasteiger partial charge in [-0.3, -0.25) is 9.48 Å². The largest absolute Gasteiger partial charge is 0.481 e. The van der Waals surface area contributed by atoms with Gasteiger partial charge in [0.25, 0.3) is 0 Å². The van der Waals surface area contributed by atoms with Crippen LogP contribution in [0.2, 0.25) is 5.02 Å². The molecule has 7 heteroatoms. The van der Waals surface area contributed by atoms with Gasteiger partial charge in [0.1, 0.15) is 12.7 Å². The third kappa shape index (κ3) is 10.6. The summed E-state index contributed by atoms with van der Waals surface area (Å²) in [6.45, 7) is 8.69. The van der Waals surface area contributed by atoms with Crippen LogP contribution in [0.4, 0.5) is 0 Å². The van der Waals surface area contributed by atoms with Crippen molar-refractivity contribution in [1.82, 2.24) is 14.8 Å². The molecular weight excluding hydrogens is 414 g/mol. The molecule has 1 aromatic carbocycles. The van der Waals surface area contributed by atoms with Crippen molar-refractivity contribution in [1.29, 1.82) is 0 Å². The lowest BCUT2D eigenvalue weighted by Crippen LogP contribution is -2.47. The Bertz CT molecular complexity index is 783. The number of hydrogen-bond donors (Lipinski definition) is 2. The Kier molecular flexibility index (Phi) is 11.5. The number of aliphatic hydroxyl groups is 1. The van der Waals surface area contributed by atoms with E-state index in [1.807, 2.05) is 51.1 Å². The Labute approximate surface area is 191 Å². The molecule has 0 amide bonds. The fourth-order valence-corrected chi connectivity index (χ4v) is 3.03. The van der Waals surface area contributed by atoms with E-state index in [1.54, 1.807) is 17.1 Å². The maximum atomic E-state index is 11.1. The van der Waals surface area contributed by atoms with Crippen molar-refractivity contribution in [2.45, 2.75) is 78.4 Å². The predicted octanol–water partition coefficient (Wildman–Crippen LogP) is 5.55. The van der Waals surface area contributed by atoms with Crippen molar-refractivity contribution in [2.24, 2.45) is 5.41 Å². The number of aromatic nitrogens is 3. The summed E-state index contributed by atoms with van der Waals surface area (Å²) >= 11 is 5.90. The van der Waals surface area contributed by atoms with Gasteiger partial charge < -0.3 is 10.2 Å². The van der Waals surface area contributed by atoms with Crippen LogP contribution >= 0.6 is 11.6 Å². The van der Waals surface area contributed by atoms with Gasteiger partial charge in [-0.1, -0.05) is 76.4 Å². The second-order valence-electron chi connectivity index (χ2n) is 8.71. The molecule has 0 saturated carbocycles. The van der Waals surface area contributed by atoms with Crippen molar-refractivity contribution in [3.05, 3.63) is 59.7 Å². The molecule has 0 aliphatic carbocycles. The van der Waals surface area contributed by atoms with E-state index in [2.05, 4.69) is 17.0 Å². The number of carboxylic acids is 1. The van der Waals surface area contributed by atoms with Gasteiger partial charge in [0.2, 0.25) is 0 Å². The minimum atomic E-state index is -0.861. The average Bonchev–Trinajstić information content (AvgIpc) is 3.20. The van der Waals surface area contributed by atoms with Gasteiger partial charge in [-0.2, -0.15) is 5.10 Å². The van der Waals surface area contributed by atoms with Crippen molar-refractivity contribution in [3.63, 3.8) is 0 Å². The number of benzene rings is 1. The molecule has 0 radical (unpaired) electrons. The molecule has 1 atom stereocenters. The van der Waals surface area contributed by atoms with Crippen LogP contribution in [0.1, 0.15) is 65.4 Å². The van der Waals surface area contributed by atoms with Crippen molar-refractivity contribution >= 4 is 17.6 Å². The Morgan fingerprint density at radius 2 is 1.87 bits per heavy atom. The highest BCUT2D eigenvalue weighted by Crippen LogP contribution is 2.35. The number of carbonyl (C=O) groups is 1. The molecular formula is C24H36ClN3O3. The molecule has 6 nitrogen and oxygen atoms in total. The van der Waals surface area contributed by atoms with E-state index in [4.69, 9.17) is 16.7 Å². The minimum Gasteiger partial charge on any atom is -0.481 e. The highest BCUT2D eigenvalue weighted by molar-refractivity contribution is 6.30. The molecule has 0 aliphatic rings. The predicted molar refractivity (Wildman–Crippen MR) is 125 cm³/mol. The van der Waals surface area contributed by atoms with E-state index in [-0.39, 0.29) is 11.8 Å². The molecule has 31 heavy (non-hydrogen) atoms. The van der Waals surface area contributed by atoms with Crippen LogP contribution < -0.4 is 0 Å². The first-order valence-corrected chi connectivity index (χ1v) is 11.1. The zero-order valence-electron chi connectivity index (χ0n) is 19.1. The maximum absolute atomic E-state index is 11.1. The summed E-state index contributed by atoms with van der Waals surface area (Å²) in [5, 5.41) is 24.2. The van der Waals surface area contributed by atoms with Crippen molar-refractivity contribution < 1.29 is 15.0 Å². The molecule has 1 aromatic heterocycles. The number of rotatable bonds is 10. The van der Waals surface area contributed by atoms with Crippen LogP contribution in [0.25, 0.3) is 0 Å². The Hall–Kier alpha value is -2.18. The van der Waals surface area contributed by atoms with Gasteiger partial charge in [0.15, 0.2) is 0 Å². The second-order valence-corrected chi connectivity index (χ2v) is 9.15. The zero-order valence-corrected chi connectivity index (χ0v) is 19.8. The first kappa shape index (κ1) is 26.9. The Balaban J connectivity index is 0.000000407. The van der Waals surface area contributed by atoms with Crippen LogP contribution in [0.15, 0.2) is 49.1 Å². The summed E-state index contributed by atoms with van der Waals surface area (Å²) < 4.78 is 1.69. The molecule has 2 aromatic rings. The molecule has 0 bridgehead atoms. The highest BCUT2D eigenvalue weighted by atomic mass is 35.5. The number of aryl methyl sites for hydroxylation is 1. The molecule has 1 unspecified atom stereocenters. The number of hydrogen-bond acceptors (Lipinski definition) is 4. The lowest BCUT2D eigenvalue weighted by Gasteiger charge is -2.40. The lowest BCUT2D eigenvalue weighted by molar-refractivity contribution is -0.136. The van der Waals surface area contributed by atoms with Gasteiger partial charge in [-0.15, -0.1) is 0 Å². The maximum Gasteiger partial charge on any atom is 0.307 e. The molecule has 0 aliphatic heterocycles. The van der Waals surface area contributed by atoms with Gasteiger partial charge >= 0.3 is 5.97 Å². The van der Waals surface area contributed by atoms with Crippen molar-refractivity contribution in [2.75, 3.05) is 0 Å². The number of allylic oxidation sites excluding steroid dienone is 1. The summed E-state index contributed by atoms with van der Waals surface area (Å²) in [6, 6.07) is 7.76.